The predicted octanol–water partition coefficient (Wildman–Crippen LogP) is 5.03. The number of halogens is 1. The van der Waals surface area contributed by atoms with E-state index in [-0.39, 0.29) is 5.82 Å². The van der Waals surface area contributed by atoms with Gasteiger partial charge in [-0.1, -0.05) is 32.1 Å². The summed E-state index contributed by atoms with van der Waals surface area (Å²) in [5.74, 6) is 0.732. The molecule has 3 heteroatoms. The van der Waals surface area contributed by atoms with E-state index in [0.29, 0.717) is 0 Å². The summed E-state index contributed by atoms with van der Waals surface area (Å²) in [4.78, 5) is 6.10. The molecule has 0 saturated heterocycles. The standard InChI is InChI=1S/C20H27FN2/c21-16-8-9-19-17(12-16)18-14-23(11-10-20(18)22-19)13-15-6-4-2-1-3-5-7-15/h8-9,12,15,22H,1-7,10-11,13-14H2. The molecule has 23 heavy (non-hydrogen) atoms. The summed E-state index contributed by atoms with van der Waals surface area (Å²) in [6.07, 6.45) is 10.9. The van der Waals surface area contributed by atoms with Gasteiger partial charge in [-0.05, 0) is 42.5 Å². The van der Waals surface area contributed by atoms with Crippen LogP contribution >= 0.6 is 0 Å². The lowest BCUT2D eigenvalue weighted by atomic mass is 9.90. The first-order chi connectivity index (χ1) is 11.3. The molecule has 4 rings (SSSR count). The van der Waals surface area contributed by atoms with Crippen molar-refractivity contribution in [2.45, 2.75) is 57.9 Å². The van der Waals surface area contributed by atoms with Crippen LogP contribution in [0.15, 0.2) is 18.2 Å². The zero-order valence-electron chi connectivity index (χ0n) is 13.9. The second-order valence-corrected chi connectivity index (χ2v) is 7.47. The minimum atomic E-state index is -0.128. The number of fused-ring (bicyclic) bond motifs is 3. The van der Waals surface area contributed by atoms with Crippen molar-refractivity contribution < 1.29 is 4.39 Å². The molecule has 0 amide bonds. The highest BCUT2D eigenvalue weighted by atomic mass is 19.1. The number of nitrogens with zero attached hydrogens (tertiary/aromatic N) is 1. The summed E-state index contributed by atoms with van der Waals surface area (Å²) < 4.78 is 13.6. The highest BCUT2D eigenvalue weighted by molar-refractivity contribution is 5.84. The van der Waals surface area contributed by atoms with Crippen LogP contribution in [0.1, 0.15) is 56.2 Å². The van der Waals surface area contributed by atoms with Gasteiger partial charge in [0.1, 0.15) is 5.82 Å². The fraction of sp³-hybridized carbons (Fsp3) is 0.600. The van der Waals surface area contributed by atoms with Crippen LogP contribution in [0, 0.1) is 11.7 Å². The Bertz CT molecular complexity index is 668. The van der Waals surface area contributed by atoms with E-state index in [9.17, 15) is 4.39 Å². The van der Waals surface area contributed by atoms with E-state index in [1.54, 1.807) is 12.1 Å². The molecule has 0 atom stereocenters. The Morgan fingerprint density at radius 1 is 1.09 bits per heavy atom. The Kier molecular flexibility index (Phi) is 4.39. The van der Waals surface area contributed by atoms with Crippen LogP contribution < -0.4 is 0 Å². The number of rotatable bonds is 2. The maximum atomic E-state index is 13.6. The van der Waals surface area contributed by atoms with E-state index >= 15 is 0 Å². The zero-order chi connectivity index (χ0) is 15.6. The summed E-state index contributed by atoms with van der Waals surface area (Å²) in [5.41, 5.74) is 3.74. The lowest BCUT2D eigenvalue weighted by Crippen LogP contribution is -2.34. The molecule has 1 aliphatic carbocycles. The lowest BCUT2D eigenvalue weighted by Gasteiger charge is -2.31. The Hall–Kier alpha value is -1.35. The maximum Gasteiger partial charge on any atom is 0.123 e. The molecule has 0 radical (unpaired) electrons. The SMILES string of the molecule is Fc1ccc2[nH]c3c(c2c1)CN(CC1CCCCCCC1)CC3. The molecule has 1 N–H and O–H groups in total. The van der Waals surface area contributed by atoms with E-state index in [2.05, 4.69) is 9.88 Å². The number of H-pyrrole nitrogens is 1. The van der Waals surface area contributed by atoms with Gasteiger partial charge in [-0.15, -0.1) is 0 Å². The molecule has 1 aromatic heterocycles. The lowest BCUT2D eigenvalue weighted by molar-refractivity contribution is 0.194. The van der Waals surface area contributed by atoms with Crippen LogP contribution in [0.3, 0.4) is 0 Å². The molecule has 1 aliphatic heterocycles. The molecule has 0 unspecified atom stereocenters. The molecule has 124 valence electrons. The van der Waals surface area contributed by atoms with Gasteiger partial charge in [-0.2, -0.15) is 0 Å². The highest BCUT2D eigenvalue weighted by Gasteiger charge is 2.23. The van der Waals surface area contributed by atoms with E-state index in [1.807, 2.05) is 6.07 Å². The van der Waals surface area contributed by atoms with Crippen molar-refractivity contribution in [2.24, 2.45) is 5.92 Å². The van der Waals surface area contributed by atoms with Crippen LogP contribution in [0.25, 0.3) is 10.9 Å². The van der Waals surface area contributed by atoms with Crippen molar-refractivity contribution in [2.75, 3.05) is 13.1 Å². The fourth-order valence-electron chi connectivity index (χ4n) is 4.49. The quantitative estimate of drug-likeness (QED) is 0.824. The first-order valence-corrected chi connectivity index (χ1v) is 9.31. The molecule has 2 aromatic rings. The van der Waals surface area contributed by atoms with E-state index in [0.717, 1.165) is 36.3 Å². The molecule has 2 aliphatic rings. The molecular formula is C20H27FN2. The summed E-state index contributed by atoms with van der Waals surface area (Å²) in [6, 6.07) is 5.13. The third kappa shape index (κ3) is 3.30. The number of hydrogen-bond donors (Lipinski definition) is 1. The Morgan fingerprint density at radius 3 is 2.70 bits per heavy atom. The average Bonchev–Trinajstić information content (AvgIpc) is 2.87. The molecule has 2 nitrogen and oxygen atoms in total. The van der Waals surface area contributed by atoms with Crippen molar-refractivity contribution in [1.82, 2.24) is 9.88 Å². The van der Waals surface area contributed by atoms with Gasteiger partial charge < -0.3 is 4.98 Å². The normalized spacial score (nSPS) is 21.1. The van der Waals surface area contributed by atoms with Gasteiger partial charge >= 0.3 is 0 Å². The summed E-state index contributed by atoms with van der Waals surface area (Å²) >= 11 is 0. The van der Waals surface area contributed by atoms with Crippen molar-refractivity contribution in [1.29, 1.82) is 0 Å². The molecule has 1 aromatic carbocycles. The van der Waals surface area contributed by atoms with E-state index in [4.69, 9.17) is 0 Å². The zero-order valence-corrected chi connectivity index (χ0v) is 13.9. The van der Waals surface area contributed by atoms with Crippen molar-refractivity contribution in [3.63, 3.8) is 0 Å². The van der Waals surface area contributed by atoms with Gasteiger partial charge in [0.2, 0.25) is 0 Å². The number of benzene rings is 1. The largest absolute Gasteiger partial charge is 0.358 e. The van der Waals surface area contributed by atoms with Crippen LogP contribution in [0.5, 0.6) is 0 Å². The first-order valence-electron chi connectivity index (χ1n) is 9.31. The van der Waals surface area contributed by atoms with E-state index < -0.39 is 0 Å². The number of aromatic amines is 1. The van der Waals surface area contributed by atoms with Crippen LogP contribution in [-0.2, 0) is 13.0 Å². The molecule has 0 bridgehead atoms. The van der Waals surface area contributed by atoms with Crippen molar-refractivity contribution in [3.8, 4) is 0 Å². The second kappa shape index (κ2) is 6.64. The third-order valence-corrected chi connectivity index (χ3v) is 5.76. The van der Waals surface area contributed by atoms with E-state index in [1.165, 1.54) is 62.7 Å². The number of nitrogens with one attached hydrogen (secondary N) is 1. The minimum Gasteiger partial charge on any atom is -0.358 e. The van der Waals surface area contributed by atoms with Gasteiger partial charge in [0.15, 0.2) is 0 Å². The van der Waals surface area contributed by atoms with Crippen molar-refractivity contribution in [3.05, 3.63) is 35.3 Å². The van der Waals surface area contributed by atoms with Crippen LogP contribution in [-0.4, -0.2) is 23.0 Å². The van der Waals surface area contributed by atoms with Gasteiger partial charge in [0, 0.05) is 42.7 Å². The maximum absolute atomic E-state index is 13.6. The fourth-order valence-corrected chi connectivity index (χ4v) is 4.49. The second-order valence-electron chi connectivity index (χ2n) is 7.47. The van der Waals surface area contributed by atoms with Crippen molar-refractivity contribution >= 4 is 10.9 Å². The topological polar surface area (TPSA) is 19.0 Å². The summed E-state index contributed by atoms with van der Waals surface area (Å²) in [7, 11) is 0. The highest BCUT2D eigenvalue weighted by Crippen LogP contribution is 2.30. The van der Waals surface area contributed by atoms with Gasteiger partial charge in [-0.3, -0.25) is 4.90 Å². The number of aromatic nitrogens is 1. The van der Waals surface area contributed by atoms with Crippen LogP contribution in [0.4, 0.5) is 4.39 Å². The smallest absolute Gasteiger partial charge is 0.123 e. The average molecular weight is 314 g/mol. The molecular weight excluding hydrogens is 287 g/mol. The van der Waals surface area contributed by atoms with Gasteiger partial charge in [-0.25, -0.2) is 4.39 Å². The first kappa shape index (κ1) is 15.2. The van der Waals surface area contributed by atoms with Gasteiger partial charge in [0.05, 0.1) is 0 Å². The Labute approximate surface area is 138 Å². The molecule has 1 fully saturated rings. The molecule has 1 saturated carbocycles. The minimum absolute atomic E-state index is 0.128. The number of hydrogen-bond acceptors (Lipinski definition) is 1. The predicted molar refractivity (Wildman–Crippen MR) is 93.0 cm³/mol. The monoisotopic (exact) mass is 314 g/mol. The third-order valence-electron chi connectivity index (χ3n) is 5.76. The van der Waals surface area contributed by atoms with Gasteiger partial charge in [0.25, 0.3) is 0 Å². The Balaban J connectivity index is 1.49. The molecule has 0 spiro atoms. The Morgan fingerprint density at radius 2 is 1.87 bits per heavy atom. The summed E-state index contributed by atoms with van der Waals surface area (Å²) in [6.45, 7) is 3.34. The molecule has 2 heterocycles. The van der Waals surface area contributed by atoms with Crippen LogP contribution in [0.2, 0.25) is 0 Å². The summed E-state index contributed by atoms with van der Waals surface area (Å²) in [5, 5.41) is 1.09.